The Morgan fingerprint density at radius 3 is 1.64 bits per heavy atom. The molecule has 3 unspecified atom stereocenters. The van der Waals surface area contributed by atoms with Crippen molar-refractivity contribution in [2.24, 2.45) is 11.8 Å². The minimum absolute atomic E-state index is 0.423. The van der Waals surface area contributed by atoms with E-state index in [-0.39, 0.29) is 0 Å². The third-order valence-corrected chi connectivity index (χ3v) is 3.58. The average molecular weight is 198 g/mol. The van der Waals surface area contributed by atoms with Gasteiger partial charge in [0.05, 0.1) is 25.4 Å². The SMILES string of the molecule is CCCC1CO[C@@H]2C(CCC)COC12. The molecule has 2 heterocycles. The van der Waals surface area contributed by atoms with Crippen LogP contribution in [0.15, 0.2) is 0 Å². The molecule has 0 radical (unpaired) electrons. The maximum absolute atomic E-state index is 5.88. The molecule has 2 heteroatoms. The first kappa shape index (κ1) is 10.4. The second kappa shape index (κ2) is 4.63. The van der Waals surface area contributed by atoms with E-state index < -0.39 is 0 Å². The van der Waals surface area contributed by atoms with Crippen molar-refractivity contribution in [3.05, 3.63) is 0 Å². The molecule has 2 saturated heterocycles. The lowest BCUT2D eigenvalue weighted by molar-refractivity contribution is 0.0592. The molecule has 2 aliphatic heterocycles. The third kappa shape index (κ3) is 1.82. The monoisotopic (exact) mass is 198 g/mol. The lowest BCUT2D eigenvalue weighted by Crippen LogP contribution is -2.25. The van der Waals surface area contributed by atoms with Gasteiger partial charge in [-0.05, 0) is 12.8 Å². The summed E-state index contributed by atoms with van der Waals surface area (Å²) in [5.74, 6) is 1.35. The maximum atomic E-state index is 5.88. The van der Waals surface area contributed by atoms with Crippen LogP contribution in [0.3, 0.4) is 0 Å². The lowest BCUT2D eigenvalue weighted by atomic mass is 9.91. The first-order valence-corrected chi connectivity index (χ1v) is 6.10. The molecule has 2 aliphatic rings. The average Bonchev–Trinajstić information content (AvgIpc) is 2.72. The fourth-order valence-corrected chi connectivity index (χ4v) is 2.89. The van der Waals surface area contributed by atoms with Crippen LogP contribution in [0.5, 0.6) is 0 Å². The van der Waals surface area contributed by atoms with Gasteiger partial charge in [-0.1, -0.05) is 26.7 Å². The van der Waals surface area contributed by atoms with Gasteiger partial charge in [-0.3, -0.25) is 0 Å². The van der Waals surface area contributed by atoms with Gasteiger partial charge in [-0.2, -0.15) is 0 Å². The van der Waals surface area contributed by atoms with Gasteiger partial charge in [0.15, 0.2) is 0 Å². The summed E-state index contributed by atoms with van der Waals surface area (Å²) in [7, 11) is 0. The summed E-state index contributed by atoms with van der Waals surface area (Å²) in [4.78, 5) is 0. The van der Waals surface area contributed by atoms with Crippen LogP contribution in [-0.4, -0.2) is 25.4 Å². The number of hydrogen-bond donors (Lipinski definition) is 0. The van der Waals surface area contributed by atoms with Gasteiger partial charge in [-0.15, -0.1) is 0 Å². The molecule has 14 heavy (non-hydrogen) atoms. The Bertz CT molecular complexity index is 161. The Labute approximate surface area is 87.0 Å². The Hall–Kier alpha value is -0.0800. The van der Waals surface area contributed by atoms with Gasteiger partial charge >= 0.3 is 0 Å². The smallest absolute Gasteiger partial charge is 0.0890 e. The van der Waals surface area contributed by atoms with Crippen LogP contribution >= 0.6 is 0 Å². The number of hydrogen-bond acceptors (Lipinski definition) is 2. The molecular weight excluding hydrogens is 176 g/mol. The molecule has 0 saturated carbocycles. The molecule has 0 aliphatic carbocycles. The van der Waals surface area contributed by atoms with Gasteiger partial charge in [0.1, 0.15) is 0 Å². The Morgan fingerprint density at radius 1 is 0.857 bits per heavy atom. The van der Waals surface area contributed by atoms with E-state index in [2.05, 4.69) is 13.8 Å². The van der Waals surface area contributed by atoms with Crippen LogP contribution in [0.4, 0.5) is 0 Å². The molecule has 0 bridgehead atoms. The number of fused-ring (bicyclic) bond motifs is 1. The normalized spacial score (nSPS) is 41.6. The van der Waals surface area contributed by atoms with Crippen molar-refractivity contribution in [2.75, 3.05) is 13.2 Å². The molecule has 0 N–H and O–H groups in total. The number of ether oxygens (including phenoxy) is 2. The van der Waals surface area contributed by atoms with Crippen molar-refractivity contribution in [3.63, 3.8) is 0 Å². The molecule has 4 atom stereocenters. The Balaban J connectivity index is 1.90. The standard InChI is InChI=1S/C12H22O2/c1-3-5-9-7-13-12-10(6-4-2)8-14-11(9)12/h9-12H,3-8H2,1-2H3/t9?,10?,11-,12?/m1/s1. The molecule has 2 fully saturated rings. The van der Waals surface area contributed by atoms with Crippen LogP contribution in [0.1, 0.15) is 39.5 Å². The van der Waals surface area contributed by atoms with Crippen LogP contribution < -0.4 is 0 Å². The highest BCUT2D eigenvalue weighted by Crippen LogP contribution is 2.38. The lowest BCUT2D eigenvalue weighted by Gasteiger charge is -2.15. The second-order valence-electron chi connectivity index (χ2n) is 4.69. The predicted molar refractivity (Wildman–Crippen MR) is 56.3 cm³/mol. The summed E-state index contributed by atoms with van der Waals surface area (Å²) in [6, 6.07) is 0. The summed E-state index contributed by atoms with van der Waals surface area (Å²) in [5.41, 5.74) is 0. The predicted octanol–water partition coefficient (Wildman–Crippen LogP) is 2.62. The van der Waals surface area contributed by atoms with E-state index in [1.807, 2.05) is 0 Å². The summed E-state index contributed by atoms with van der Waals surface area (Å²) >= 11 is 0. The fraction of sp³-hybridized carbons (Fsp3) is 1.00. The Morgan fingerprint density at radius 2 is 1.29 bits per heavy atom. The van der Waals surface area contributed by atoms with Crippen LogP contribution in [0, 0.1) is 11.8 Å². The first-order chi connectivity index (χ1) is 6.86. The summed E-state index contributed by atoms with van der Waals surface area (Å²) in [6.07, 6.45) is 5.87. The van der Waals surface area contributed by atoms with Crippen molar-refractivity contribution in [2.45, 2.75) is 51.7 Å². The van der Waals surface area contributed by atoms with Gasteiger partial charge in [-0.25, -0.2) is 0 Å². The minimum Gasteiger partial charge on any atom is -0.375 e. The zero-order chi connectivity index (χ0) is 9.97. The first-order valence-electron chi connectivity index (χ1n) is 6.10. The van der Waals surface area contributed by atoms with Crippen molar-refractivity contribution in [1.29, 1.82) is 0 Å². The molecule has 2 rings (SSSR count). The molecular formula is C12H22O2. The van der Waals surface area contributed by atoms with Gasteiger partial charge in [0, 0.05) is 11.8 Å². The van der Waals surface area contributed by atoms with E-state index in [9.17, 15) is 0 Å². The summed E-state index contributed by atoms with van der Waals surface area (Å²) in [5, 5.41) is 0. The highest BCUT2D eigenvalue weighted by Gasteiger charge is 2.46. The van der Waals surface area contributed by atoms with Gasteiger partial charge < -0.3 is 9.47 Å². The molecule has 0 aromatic rings. The van der Waals surface area contributed by atoms with Crippen molar-refractivity contribution in [1.82, 2.24) is 0 Å². The molecule has 82 valence electrons. The van der Waals surface area contributed by atoms with Crippen LogP contribution in [-0.2, 0) is 9.47 Å². The summed E-state index contributed by atoms with van der Waals surface area (Å²) < 4.78 is 11.8. The molecule has 0 spiro atoms. The van der Waals surface area contributed by atoms with Crippen molar-refractivity contribution in [3.8, 4) is 0 Å². The van der Waals surface area contributed by atoms with Crippen molar-refractivity contribution < 1.29 is 9.47 Å². The fourth-order valence-electron chi connectivity index (χ4n) is 2.89. The minimum atomic E-state index is 0.423. The zero-order valence-electron chi connectivity index (χ0n) is 9.37. The van der Waals surface area contributed by atoms with Crippen molar-refractivity contribution >= 4 is 0 Å². The molecule has 0 aromatic carbocycles. The molecule has 2 nitrogen and oxygen atoms in total. The quantitative estimate of drug-likeness (QED) is 0.691. The van der Waals surface area contributed by atoms with Crippen LogP contribution in [0.25, 0.3) is 0 Å². The van der Waals surface area contributed by atoms with E-state index in [4.69, 9.17) is 9.47 Å². The van der Waals surface area contributed by atoms with Gasteiger partial charge in [0.2, 0.25) is 0 Å². The summed E-state index contributed by atoms with van der Waals surface area (Å²) in [6.45, 7) is 6.35. The topological polar surface area (TPSA) is 18.5 Å². The highest BCUT2D eigenvalue weighted by atomic mass is 16.6. The zero-order valence-corrected chi connectivity index (χ0v) is 9.37. The van der Waals surface area contributed by atoms with E-state index in [0.29, 0.717) is 24.0 Å². The Kier molecular flexibility index (Phi) is 3.45. The largest absolute Gasteiger partial charge is 0.375 e. The second-order valence-corrected chi connectivity index (χ2v) is 4.69. The van der Waals surface area contributed by atoms with E-state index >= 15 is 0 Å². The third-order valence-electron chi connectivity index (χ3n) is 3.58. The number of rotatable bonds is 4. The van der Waals surface area contributed by atoms with E-state index in [1.165, 1.54) is 25.7 Å². The highest BCUT2D eigenvalue weighted by molar-refractivity contribution is 4.93. The molecule has 0 amide bonds. The van der Waals surface area contributed by atoms with E-state index in [0.717, 1.165) is 13.2 Å². The van der Waals surface area contributed by atoms with Gasteiger partial charge in [0.25, 0.3) is 0 Å². The molecule has 0 aromatic heterocycles. The maximum Gasteiger partial charge on any atom is 0.0890 e. The van der Waals surface area contributed by atoms with Crippen LogP contribution in [0.2, 0.25) is 0 Å². The van der Waals surface area contributed by atoms with E-state index in [1.54, 1.807) is 0 Å².